The van der Waals surface area contributed by atoms with Crippen LogP contribution in [0.3, 0.4) is 0 Å². The number of para-hydroxylation sites is 2. The fourth-order valence-corrected chi connectivity index (χ4v) is 6.77. The molecule has 10 rings (SSSR count). The highest BCUT2D eigenvalue weighted by Crippen LogP contribution is 2.37. The molecule has 6 heteroatoms. The van der Waals surface area contributed by atoms with Gasteiger partial charge >= 0.3 is 5.84 Å². The molecule has 0 aliphatic carbocycles. The maximum Gasteiger partial charge on any atom is 0.307 e. The van der Waals surface area contributed by atoms with E-state index in [2.05, 4.69) is 108 Å². The lowest BCUT2D eigenvalue weighted by Crippen LogP contribution is -2.03. The molecule has 0 spiro atoms. The number of benzene rings is 6. The van der Waals surface area contributed by atoms with Crippen LogP contribution in [-0.4, -0.2) is 23.9 Å². The number of hydrogen-bond donors (Lipinski definition) is 0. The van der Waals surface area contributed by atoms with E-state index in [1.165, 1.54) is 0 Å². The van der Waals surface area contributed by atoms with E-state index in [1.54, 1.807) is 0 Å². The summed E-state index contributed by atoms with van der Waals surface area (Å²) >= 11 is 0. The van der Waals surface area contributed by atoms with Gasteiger partial charge in [0.15, 0.2) is 5.58 Å². The third-order valence-corrected chi connectivity index (χ3v) is 9.01. The minimum absolute atomic E-state index is 0.583. The second kappa shape index (κ2) is 9.99. The van der Waals surface area contributed by atoms with Crippen LogP contribution in [0, 0.1) is 0 Å². The Morgan fingerprint density at radius 1 is 0.468 bits per heavy atom. The molecule has 0 aliphatic heterocycles. The fourth-order valence-electron chi connectivity index (χ4n) is 6.77. The molecule has 0 bridgehead atoms. The Bertz CT molecular complexity index is 2790. The highest BCUT2D eigenvalue weighted by molar-refractivity contribution is 6.10. The first-order chi connectivity index (χ1) is 23.3. The summed E-state index contributed by atoms with van der Waals surface area (Å²) in [5, 5.41) is 3.32. The Kier molecular flexibility index (Phi) is 5.48. The summed E-state index contributed by atoms with van der Waals surface area (Å²) in [6, 6.07) is 50.2. The highest BCUT2D eigenvalue weighted by atomic mass is 16.4. The third kappa shape index (κ3) is 4.02. The van der Waals surface area contributed by atoms with Gasteiger partial charge in [0.05, 0.1) is 33.5 Å². The van der Waals surface area contributed by atoms with E-state index in [0.29, 0.717) is 11.8 Å². The average Bonchev–Trinajstić information content (AvgIpc) is 3.81. The molecule has 0 saturated heterocycles. The molecular weight excluding hydrogens is 578 g/mol. The number of imidazole rings is 1. The van der Waals surface area contributed by atoms with E-state index in [1.807, 2.05) is 53.1 Å². The smallest absolute Gasteiger partial charge is 0.307 e. The SMILES string of the molecule is c1ccc(-c2cn3c(n2)oc2ccc(-c4ccc5c(c4)c4ccccc4n5-c4nc(-c5ccccc5)c5ccccc5n4)cc23)cc1. The molecule has 6 aromatic carbocycles. The minimum atomic E-state index is 0.583. The van der Waals surface area contributed by atoms with E-state index >= 15 is 0 Å². The van der Waals surface area contributed by atoms with Gasteiger partial charge < -0.3 is 4.42 Å². The lowest BCUT2D eigenvalue weighted by molar-refractivity contribution is 0.642. The standard InChI is InChI=1S/C41H25N5O/c1-3-11-26(12-4-1)34-25-45-37-24-29(20-22-38(37)47-41(45)43-34)28-19-21-36-32(23-28)30-15-8-10-18-35(30)46(36)40-42-33-17-9-7-16-31(33)39(44-40)27-13-5-2-6-14-27/h1-25H. The summed E-state index contributed by atoms with van der Waals surface area (Å²) in [5.74, 6) is 1.23. The second-order valence-electron chi connectivity index (χ2n) is 11.8. The molecule has 47 heavy (non-hydrogen) atoms. The number of nitrogens with zero attached hydrogens (tertiary/aromatic N) is 5. The zero-order valence-electron chi connectivity index (χ0n) is 25.1. The van der Waals surface area contributed by atoms with E-state index in [9.17, 15) is 0 Å². The van der Waals surface area contributed by atoms with Crippen LogP contribution in [0.15, 0.2) is 156 Å². The predicted molar refractivity (Wildman–Crippen MR) is 189 cm³/mol. The van der Waals surface area contributed by atoms with Gasteiger partial charge in [-0.2, -0.15) is 4.98 Å². The van der Waals surface area contributed by atoms with Gasteiger partial charge in [0.2, 0.25) is 5.95 Å². The van der Waals surface area contributed by atoms with Crippen molar-refractivity contribution in [2.45, 2.75) is 0 Å². The zero-order valence-corrected chi connectivity index (χ0v) is 25.1. The van der Waals surface area contributed by atoms with Crippen molar-refractivity contribution in [1.82, 2.24) is 23.9 Å². The van der Waals surface area contributed by atoms with Crippen LogP contribution < -0.4 is 0 Å². The maximum atomic E-state index is 6.13. The summed E-state index contributed by atoms with van der Waals surface area (Å²) < 4.78 is 10.4. The predicted octanol–water partition coefficient (Wildman–Crippen LogP) is 10.1. The fraction of sp³-hybridized carbons (Fsp3) is 0. The van der Waals surface area contributed by atoms with E-state index in [-0.39, 0.29) is 0 Å². The van der Waals surface area contributed by atoms with Crippen molar-refractivity contribution in [3.05, 3.63) is 152 Å². The Morgan fingerprint density at radius 2 is 1.15 bits per heavy atom. The normalized spacial score (nSPS) is 11.8. The molecule has 0 unspecified atom stereocenters. The van der Waals surface area contributed by atoms with Gasteiger partial charge in [-0.15, -0.1) is 0 Å². The second-order valence-corrected chi connectivity index (χ2v) is 11.8. The molecule has 0 fully saturated rings. The monoisotopic (exact) mass is 603 g/mol. The van der Waals surface area contributed by atoms with Gasteiger partial charge in [-0.3, -0.25) is 8.97 Å². The van der Waals surface area contributed by atoms with Crippen LogP contribution >= 0.6 is 0 Å². The molecule has 6 nitrogen and oxygen atoms in total. The Hall–Kier alpha value is -6.53. The highest BCUT2D eigenvalue weighted by Gasteiger charge is 2.18. The van der Waals surface area contributed by atoms with Crippen LogP contribution in [-0.2, 0) is 0 Å². The van der Waals surface area contributed by atoms with Gasteiger partial charge in [0.25, 0.3) is 0 Å². The van der Waals surface area contributed by atoms with E-state index in [4.69, 9.17) is 19.4 Å². The molecule has 220 valence electrons. The Morgan fingerprint density at radius 3 is 2.00 bits per heavy atom. The number of aromatic nitrogens is 5. The number of rotatable bonds is 4. The first kappa shape index (κ1) is 25.8. The van der Waals surface area contributed by atoms with Crippen LogP contribution in [0.2, 0.25) is 0 Å². The van der Waals surface area contributed by atoms with Crippen LogP contribution in [0.4, 0.5) is 0 Å². The lowest BCUT2D eigenvalue weighted by atomic mass is 10.0. The molecule has 4 heterocycles. The Balaban J connectivity index is 1.15. The van der Waals surface area contributed by atoms with Crippen molar-refractivity contribution < 1.29 is 4.42 Å². The molecule has 0 radical (unpaired) electrons. The number of fused-ring (bicyclic) bond motifs is 7. The molecule has 0 aliphatic rings. The Labute approximate surface area is 268 Å². The van der Waals surface area contributed by atoms with Crippen LogP contribution in [0.5, 0.6) is 0 Å². The third-order valence-electron chi connectivity index (χ3n) is 9.01. The van der Waals surface area contributed by atoms with Crippen LogP contribution in [0.1, 0.15) is 0 Å². The van der Waals surface area contributed by atoms with Gasteiger partial charge in [0, 0.05) is 33.5 Å². The van der Waals surface area contributed by atoms with Crippen molar-refractivity contribution in [3.8, 4) is 39.6 Å². The van der Waals surface area contributed by atoms with Crippen molar-refractivity contribution in [1.29, 1.82) is 0 Å². The molecule has 0 N–H and O–H groups in total. The van der Waals surface area contributed by atoms with Crippen molar-refractivity contribution in [2.24, 2.45) is 0 Å². The zero-order chi connectivity index (χ0) is 30.9. The first-order valence-electron chi connectivity index (χ1n) is 15.6. The summed E-state index contributed by atoms with van der Waals surface area (Å²) in [4.78, 5) is 15.1. The van der Waals surface area contributed by atoms with Crippen molar-refractivity contribution in [3.63, 3.8) is 0 Å². The van der Waals surface area contributed by atoms with Gasteiger partial charge in [0.1, 0.15) is 0 Å². The summed E-state index contributed by atoms with van der Waals surface area (Å²) in [7, 11) is 0. The van der Waals surface area contributed by atoms with E-state index in [0.717, 1.165) is 77.5 Å². The molecular formula is C41H25N5O. The topological polar surface area (TPSA) is 61.2 Å². The largest absolute Gasteiger partial charge is 0.423 e. The maximum absolute atomic E-state index is 6.13. The minimum Gasteiger partial charge on any atom is -0.423 e. The first-order valence-corrected chi connectivity index (χ1v) is 15.6. The lowest BCUT2D eigenvalue weighted by Gasteiger charge is -2.11. The van der Waals surface area contributed by atoms with Gasteiger partial charge in [-0.05, 0) is 47.5 Å². The summed E-state index contributed by atoms with van der Waals surface area (Å²) in [6.07, 6.45) is 2.05. The average molecular weight is 604 g/mol. The van der Waals surface area contributed by atoms with Gasteiger partial charge in [-0.25, -0.2) is 9.97 Å². The molecule has 10 aromatic rings. The quantitative estimate of drug-likeness (QED) is 0.201. The van der Waals surface area contributed by atoms with Crippen molar-refractivity contribution in [2.75, 3.05) is 0 Å². The molecule has 4 aromatic heterocycles. The summed E-state index contributed by atoms with van der Waals surface area (Å²) in [5.41, 5.74) is 11.0. The van der Waals surface area contributed by atoms with Crippen molar-refractivity contribution >= 4 is 49.7 Å². The number of hydrogen-bond acceptors (Lipinski definition) is 4. The molecule has 0 amide bonds. The number of oxazole rings is 1. The van der Waals surface area contributed by atoms with Crippen LogP contribution in [0.25, 0.3) is 89.2 Å². The van der Waals surface area contributed by atoms with Gasteiger partial charge in [-0.1, -0.05) is 109 Å². The molecule has 0 saturated carbocycles. The van der Waals surface area contributed by atoms with E-state index < -0.39 is 0 Å². The summed E-state index contributed by atoms with van der Waals surface area (Å²) in [6.45, 7) is 0. The molecule has 0 atom stereocenters.